The number of rotatable bonds is 4. The number of amides is 1. The summed E-state index contributed by atoms with van der Waals surface area (Å²) in [6.07, 6.45) is 2.15. The molecule has 136 valence electrons. The first kappa shape index (κ1) is 17.7. The highest BCUT2D eigenvalue weighted by Gasteiger charge is 2.24. The molecular formula is C18H21N5O3. The van der Waals surface area contributed by atoms with Gasteiger partial charge in [-0.25, -0.2) is 4.98 Å². The van der Waals surface area contributed by atoms with E-state index in [0.29, 0.717) is 29.4 Å². The molecule has 0 bridgehead atoms. The molecule has 0 spiro atoms. The molecule has 0 aliphatic heterocycles. The minimum atomic E-state index is -0.591. The fourth-order valence-electron chi connectivity index (χ4n) is 2.26. The molecule has 0 aliphatic rings. The number of aryl methyl sites for hydroxylation is 1. The SMILES string of the molecule is CCc1cc(=O)[nH]c(-n2nc(-c3ccco3)cc2NC(=O)C(C)(C)C)n1. The van der Waals surface area contributed by atoms with Crippen LogP contribution in [-0.2, 0) is 11.2 Å². The molecular weight excluding hydrogens is 334 g/mol. The van der Waals surface area contributed by atoms with Crippen LogP contribution in [-0.4, -0.2) is 25.7 Å². The number of nitrogens with zero attached hydrogens (tertiary/aromatic N) is 3. The number of anilines is 1. The molecule has 0 saturated heterocycles. The second-order valence-electron chi connectivity index (χ2n) is 6.92. The highest BCUT2D eigenvalue weighted by molar-refractivity contribution is 5.94. The monoisotopic (exact) mass is 355 g/mol. The van der Waals surface area contributed by atoms with Gasteiger partial charge in [0.05, 0.1) is 6.26 Å². The number of carbonyl (C=O) groups excluding carboxylic acids is 1. The third-order valence-electron chi connectivity index (χ3n) is 3.75. The van der Waals surface area contributed by atoms with Crippen LogP contribution < -0.4 is 10.9 Å². The topological polar surface area (TPSA) is 106 Å². The first-order chi connectivity index (χ1) is 12.3. The standard InChI is InChI=1S/C18H21N5O3/c1-5-11-9-15(24)21-17(19-11)23-14(20-16(25)18(2,3)4)10-12(22-23)13-7-6-8-26-13/h6-10H,5H2,1-4H3,(H,20,25)(H,19,21,24). The zero-order chi connectivity index (χ0) is 18.9. The first-order valence-corrected chi connectivity index (χ1v) is 8.34. The van der Waals surface area contributed by atoms with E-state index in [1.165, 1.54) is 10.7 Å². The number of hydrogen-bond donors (Lipinski definition) is 2. The Hall–Kier alpha value is -3.16. The van der Waals surface area contributed by atoms with Gasteiger partial charge >= 0.3 is 0 Å². The Kier molecular flexibility index (Phi) is 4.50. The van der Waals surface area contributed by atoms with Crippen molar-refractivity contribution in [2.75, 3.05) is 5.32 Å². The summed E-state index contributed by atoms with van der Waals surface area (Å²) < 4.78 is 6.79. The van der Waals surface area contributed by atoms with E-state index in [2.05, 4.69) is 20.4 Å². The van der Waals surface area contributed by atoms with Crippen LogP contribution in [0.15, 0.2) is 39.7 Å². The summed E-state index contributed by atoms with van der Waals surface area (Å²) in [5, 5.41) is 7.30. The maximum absolute atomic E-state index is 12.4. The van der Waals surface area contributed by atoms with Crippen LogP contribution in [0.25, 0.3) is 17.4 Å². The van der Waals surface area contributed by atoms with Gasteiger partial charge in [-0.1, -0.05) is 27.7 Å². The minimum absolute atomic E-state index is 0.182. The van der Waals surface area contributed by atoms with Crippen LogP contribution in [0.5, 0.6) is 0 Å². The van der Waals surface area contributed by atoms with E-state index in [-0.39, 0.29) is 17.4 Å². The summed E-state index contributed by atoms with van der Waals surface area (Å²) in [4.78, 5) is 31.4. The number of carbonyl (C=O) groups is 1. The van der Waals surface area contributed by atoms with Gasteiger partial charge in [-0.05, 0) is 18.6 Å². The zero-order valence-electron chi connectivity index (χ0n) is 15.2. The third kappa shape index (κ3) is 3.58. The van der Waals surface area contributed by atoms with Crippen molar-refractivity contribution >= 4 is 11.7 Å². The highest BCUT2D eigenvalue weighted by Crippen LogP contribution is 2.25. The molecule has 1 amide bonds. The predicted molar refractivity (Wildman–Crippen MR) is 97.1 cm³/mol. The summed E-state index contributed by atoms with van der Waals surface area (Å²) >= 11 is 0. The van der Waals surface area contributed by atoms with E-state index in [4.69, 9.17) is 4.42 Å². The Bertz CT molecular complexity index is 977. The summed E-state index contributed by atoms with van der Waals surface area (Å²) in [5.41, 5.74) is 0.275. The average molecular weight is 355 g/mol. The van der Waals surface area contributed by atoms with Crippen molar-refractivity contribution in [3.63, 3.8) is 0 Å². The van der Waals surface area contributed by atoms with Gasteiger partial charge in [0, 0.05) is 23.2 Å². The van der Waals surface area contributed by atoms with Gasteiger partial charge in [0.2, 0.25) is 11.9 Å². The summed E-state index contributed by atoms with van der Waals surface area (Å²) in [7, 11) is 0. The molecule has 3 rings (SSSR count). The Morgan fingerprint density at radius 1 is 1.35 bits per heavy atom. The van der Waals surface area contributed by atoms with E-state index in [1.807, 2.05) is 27.7 Å². The van der Waals surface area contributed by atoms with Crippen LogP contribution in [0.2, 0.25) is 0 Å². The molecule has 2 N–H and O–H groups in total. The number of hydrogen-bond acceptors (Lipinski definition) is 5. The lowest BCUT2D eigenvalue weighted by atomic mass is 9.96. The molecule has 0 aliphatic carbocycles. The second kappa shape index (κ2) is 6.62. The Morgan fingerprint density at radius 3 is 2.73 bits per heavy atom. The van der Waals surface area contributed by atoms with Crippen molar-refractivity contribution in [3.8, 4) is 17.4 Å². The van der Waals surface area contributed by atoms with Crippen molar-refractivity contribution < 1.29 is 9.21 Å². The normalized spacial score (nSPS) is 11.5. The molecule has 0 fully saturated rings. The molecule has 0 aromatic carbocycles. The van der Waals surface area contributed by atoms with Crippen LogP contribution in [0.3, 0.4) is 0 Å². The van der Waals surface area contributed by atoms with Gasteiger partial charge in [-0.2, -0.15) is 9.78 Å². The molecule has 8 nitrogen and oxygen atoms in total. The lowest BCUT2D eigenvalue weighted by Crippen LogP contribution is -2.29. The van der Waals surface area contributed by atoms with Gasteiger partial charge in [0.1, 0.15) is 11.5 Å². The number of aromatic amines is 1. The highest BCUT2D eigenvalue weighted by atomic mass is 16.3. The fourth-order valence-corrected chi connectivity index (χ4v) is 2.26. The molecule has 0 radical (unpaired) electrons. The molecule has 3 aromatic heterocycles. The van der Waals surface area contributed by atoms with Crippen molar-refractivity contribution in [2.45, 2.75) is 34.1 Å². The minimum Gasteiger partial charge on any atom is -0.463 e. The molecule has 0 saturated carbocycles. The first-order valence-electron chi connectivity index (χ1n) is 8.34. The molecule has 8 heteroatoms. The number of furan rings is 1. The van der Waals surface area contributed by atoms with E-state index in [0.717, 1.165) is 0 Å². The quantitative estimate of drug-likeness (QED) is 0.748. The molecule has 3 heterocycles. The van der Waals surface area contributed by atoms with E-state index in [9.17, 15) is 9.59 Å². The number of H-pyrrole nitrogens is 1. The van der Waals surface area contributed by atoms with E-state index in [1.54, 1.807) is 24.5 Å². The van der Waals surface area contributed by atoms with Gasteiger partial charge in [0.15, 0.2) is 5.76 Å². The predicted octanol–water partition coefficient (Wildman–Crippen LogP) is 2.76. The van der Waals surface area contributed by atoms with Gasteiger partial charge in [-0.15, -0.1) is 0 Å². The van der Waals surface area contributed by atoms with Crippen molar-refractivity contribution in [3.05, 3.63) is 46.6 Å². The summed E-state index contributed by atoms with van der Waals surface area (Å²) in [5.74, 6) is 0.992. The maximum atomic E-state index is 12.4. The summed E-state index contributed by atoms with van der Waals surface area (Å²) in [6.45, 7) is 7.35. The van der Waals surface area contributed by atoms with Crippen LogP contribution >= 0.6 is 0 Å². The lowest BCUT2D eigenvalue weighted by Gasteiger charge is -2.17. The number of nitrogens with one attached hydrogen (secondary N) is 2. The molecule has 0 unspecified atom stereocenters. The Balaban J connectivity index is 2.12. The Labute approximate surface area is 150 Å². The fraction of sp³-hybridized carbons (Fsp3) is 0.333. The van der Waals surface area contributed by atoms with Gasteiger partial charge in [-0.3, -0.25) is 14.6 Å². The Morgan fingerprint density at radius 2 is 2.12 bits per heavy atom. The van der Waals surface area contributed by atoms with Gasteiger partial charge in [0.25, 0.3) is 5.56 Å². The van der Waals surface area contributed by atoms with Crippen molar-refractivity contribution in [2.24, 2.45) is 5.41 Å². The zero-order valence-corrected chi connectivity index (χ0v) is 15.2. The van der Waals surface area contributed by atoms with E-state index < -0.39 is 5.41 Å². The summed E-state index contributed by atoms with van der Waals surface area (Å²) in [6, 6.07) is 6.63. The smallest absolute Gasteiger partial charge is 0.252 e. The molecule has 26 heavy (non-hydrogen) atoms. The van der Waals surface area contributed by atoms with Crippen LogP contribution in [0, 0.1) is 5.41 Å². The lowest BCUT2D eigenvalue weighted by molar-refractivity contribution is -0.123. The maximum Gasteiger partial charge on any atom is 0.252 e. The van der Waals surface area contributed by atoms with Crippen LogP contribution in [0.1, 0.15) is 33.4 Å². The second-order valence-corrected chi connectivity index (χ2v) is 6.92. The van der Waals surface area contributed by atoms with Crippen molar-refractivity contribution in [1.29, 1.82) is 0 Å². The molecule has 3 aromatic rings. The largest absolute Gasteiger partial charge is 0.463 e. The van der Waals surface area contributed by atoms with E-state index >= 15 is 0 Å². The van der Waals surface area contributed by atoms with Crippen LogP contribution in [0.4, 0.5) is 5.82 Å². The average Bonchev–Trinajstić information content (AvgIpc) is 3.22. The molecule has 0 atom stereocenters. The third-order valence-corrected chi connectivity index (χ3v) is 3.75. The van der Waals surface area contributed by atoms with Crippen molar-refractivity contribution in [1.82, 2.24) is 19.7 Å². The number of aromatic nitrogens is 4. The van der Waals surface area contributed by atoms with Gasteiger partial charge < -0.3 is 9.73 Å².